The predicted molar refractivity (Wildman–Crippen MR) is 75.8 cm³/mol. The monoisotopic (exact) mass is 268 g/mol. The Morgan fingerprint density at radius 3 is 2.70 bits per heavy atom. The fraction of sp³-hybridized carbons (Fsp3) is 0.250. The van der Waals surface area contributed by atoms with Gasteiger partial charge in [-0.1, -0.05) is 6.07 Å². The molecule has 20 heavy (non-hydrogen) atoms. The van der Waals surface area contributed by atoms with Gasteiger partial charge < -0.3 is 9.47 Å². The average Bonchev–Trinajstić information content (AvgIpc) is 2.45. The van der Waals surface area contributed by atoms with E-state index in [-0.39, 0.29) is 0 Å². The summed E-state index contributed by atoms with van der Waals surface area (Å²) < 4.78 is 11.0. The van der Waals surface area contributed by atoms with Crippen LogP contribution in [0, 0.1) is 25.2 Å². The highest BCUT2D eigenvalue weighted by molar-refractivity contribution is 5.41. The topological polar surface area (TPSA) is 55.1 Å². The molecule has 0 aliphatic carbocycles. The van der Waals surface area contributed by atoms with Crippen LogP contribution in [0.25, 0.3) is 0 Å². The van der Waals surface area contributed by atoms with E-state index in [1.54, 1.807) is 19.2 Å². The first-order valence-corrected chi connectivity index (χ1v) is 6.27. The standard InChI is InChI=1S/C16H16N2O2/c1-11-4-5-13(9-17)7-16(11)20-10-14-8-15(19-3)6-12(2)18-14/h4-8H,10H2,1-3H3. The molecular formula is C16H16N2O2. The van der Waals surface area contributed by atoms with Crippen LogP contribution in [0.4, 0.5) is 0 Å². The maximum Gasteiger partial charge on any atom is 0.130 e. The summed E-state index contributed by atoms with van der Waals surface area (Å²) in [5.74, 6) is 1.46. The molecule has 0 saturated carbocycles. The lowest BCUT2D eigenvalue weighted by atomic mass is 10.1. The van der Waals surface area contributed by atoms with Crippen molar-refractivity contribution < 1.29 is 9.47 Å². The van der Waals surface area contributed by atoms with Gasteiger partial charge in [-0.05, 0) is 31.5 Å². The van der Waals surface area contributed by atoms with Gasteiger partial charge in [0, 0.05) is 17.8 Å². The van der Waals surface area contributed by atoms with Crippen LogP contribution >= 0.6 is 0 Å². The Morgan fingerprint density at radius 1 is 1.20 bits per heavy atom. The van der Waals surface area contributed by atoms with Crippen LogP contribution in [0.2, 0.25) is 0 Å². The number of aromatic nitrogens is 1. The van der Waals surface area contributed by atoms with Crippen LogP contribution in [-0.2, 0) is 6.61 Å². The molecule has 4 nitrogen and oxygen atoms in total. The van der Waals surface area contributed by atoms with Crippen molar-refractivity contribution in [1.82, 2.24) is 4.98 Å². The third-order valence-corrected chi connectivity index (χ3v) is 2.91. The average molecular weight is 268 g/mol. The number of methoxy groups -OCH3 is 1. The highest BCUT2D eigenvalue weighted by Crippen LogP contribution is 2.21. The van der Waals surface area contributed by atoms with Crippen LogP contribution in [0.1, 0.15) is 22.5 Å². The Balaban J connectivity index is 2.16. The molecule has 0 fully saturated rings. The lowest BCUT2D eigenvalue weighted by molar-refractivity contribution is 0.297. The summed E-state index contributed by atoms with van der Waals surface area (Å²) in [5.41, 5.74) is 3.25. The minimum atomic E-state index is 0.341. The lowest BCUT2D eigenvalue weighted by Crippen LogP contribution is -2.01. The molecule has 4 heteroatoms. The third kappa shape index (κ3) is 3.27. The summed E-state index contributed by atoms with van der Waals surface area (Å²) in [6.07, 6.45) is 0. The van der Waals surface area contributed by atoms with Crippen molar-refractivity contribution in [2.24, 2.45) is 0 Å². The second kappa shape index (κ2) is 6.07. The Labute approximate surface area is 118 Å². The van der Waals surface area contributed by atoms with E-state index in [2.05, 4.69) is 11.1 Å². The molecule has 0 bridgehead atoms. The van der Waals surface area contributed by atoms with Crippen LogP contribution < -0.4 is 9.47 Å². The molecule has 1 aromatic heterocycles. The fourth-order valence-electron chi connectivity index (χ4n) is 1.87. The fourth-order valence-corrected chi connectivity index (χ4v) is 1.87. The number of nitrogens with zero attached hydrogens (tertiary/aromatic N) is 2. The molecular weight excluding hydrogens is 252 g/mol. The Bertz CT molecular complexity index is 660. The SMILES string of the molecule is COc1cc(C)nc(COc2cc(C#N)ccc2C)c1. The van der Waals surface area contributed by atoms with E-state index in [9.17, 15) is 0 Å². The van der Waals surface area contributed by atoms with Gasteiger partial charge >= 0.3 is 0 Å². The maximum absolute atomic E-state index is 8.91. The molecule has 0 N–H and O–H groups in total. The largest absolute Gasteiger partial charge is 0.497 e. The number of hydrogen-bond acceptors (Lipinski definition) is 4. The molecule has 1 heterocycles. The highest BCUT2D eigenvalue weighted by Gasteiger charge is 2.05. The Morgan fingerprint density at radius 2 is 2.00 bits per heavy atom. The van der Waals surface area contributed by atoms with E-state index >= 15 is 0 Å². The Kier molecular flexibility index (Phi) is 4.21. The second-order valence-corrected chi connectivity index (χ2v) is 4.52. The normalized spacial score (nSPS) is 9.90. The van der Waals surface area contributed by atoms with Gasteiger partial charge in [-0.3, -0.25) is 4.98 Å². The Hall–Kier alpha value is -2.54. The molecule has 2 aromatic rings. The number of nitriles is 1. The second-order valence-electron chi connectivity index (χ2n) is 4.52. The van der Waals surface area contributed by atoms with Crippen molar-refractivity contribution in [3.05, 3.63) is 52.8 Å². The van der Waals surface area contributed by atoms with E-state index in [0.717, 1.165) is 22.7 Å². The van der Waals surface area contributed by atoms with E-state index < -0.39 is 0 Å². The minimum Gasteiger partial charge on any atom is -0.497 e. The molecule has 0 saturated heterocycles. The minimum absolute atomic E-state index is 0.341. The smallest absolute Gasteiger partial charge is 0.130 e. The van der Waals surface area contributed by atoms with Crippen molar-refractivity contribution in [1.29, 1.82) is 5.26 Å². The summed E-state index contributed by atoms with van der Waals surface area (Å²) in [6, 6.07) is 11.2. The van der Waals surface area contributed by atoms with Crippen LogP contribution in [0.5, 0.6) is 11.5 Å². The zero-order chi connectivity index (χ0) is 14.5. The summed E-state index contributed by atoms with van der Waals surface area (Å²) in [5, 5.41) is 8.91. The number of pyridine rings is 1. The summed E-state index contributed by atoms with van der Waals surface area (Å²) >= 11 is 0. The first kappa shape index (κ1) is 13.9. The lowest BCUT2D eigenvalue weighted by Gasteiger charge is -2.10. The molecule has 102 valence electrons. The van der Waals surface area contributed by atoms with E-state index in [0.29, 0.717) is 17.9 Å². The molecule has 0 aliphatic heterocycles. The third-order valence-electron chi connectivity index (χ3n) is 2.91. The number of ether oxygens (including phenoxy) is 2. The van der Waals surface area contributed by atoms with Gasteiger partial charge in [0.1, 0.15) is 18.1 Å². The van der Waals surface area contributed by atoms with Crippen molar-refractivity contribution in [2.75, 3.05) is 7.11 Å². The van der Waals surface area contributed by atoms with Crippen LogP contribution in [0.3, 0.4) is 0 Å². The van der Waals surface area contributed by atoms with Gasteiger partial charge in [-0.25, -0.2) is 0 Å². The van der Waals surface area contributed by atoms with Crippen molar-refractivity contribution >= 4 is 0 Å². The van der Waals surface area contributed by atoms with Gasteiger partial charge in [0.2, 0.25) is 0 Å². The maximum atomic E-state index is 8.91. The summed E-state index contributed by atoms with van der Waals surface area (Å²) in [4.78, 5) is 4.40. The first-order valence-electron chi connectivity index (χ1n) is 6.27. The van der Waals surface area contributed by atoms with Gasteiger partial charge in [0.15, 0.2) is 0 Å². The molecule has 0 atom stereocenters. The van der Waals surface area contributed by atoms with Crippen molar-refractivity contribution in [3.8, 4) is 17.6 Å². The van der Waals surface area contributed by atoms with Gasteiger partial charge in [-0.2, -0.15) is 5.26 Å². The van der Waals surface area contributed by atoms with Crippen molar-refractivity contribution in [3.63, 3.8) is 0 Å². The molecule has 0 unspecified atom stereocenters. The number of rotatable bonds is 4. The zero-order valence-electron chi connectivity index (χ0n) is 11.8. The molecule has 0 radical (unpaired) electrons. The van der Waals surface area contributed by atoms with E-state index in [1.165, 1.54) is 0 Å². The molecule has 2 rings (SSSR count). The van der Waals surface area contributed by atoms with E-state index in [1.807, 2.05) is 32.0 Å². The van der Waals surface area contributed by atoms with Gasteiger partial charge in [0.25, 0.3) is 0 Å². The molecule has 1 aromatic carbocycles. The van der Waals surface area contributed by atoms with Crippen molar-refractivity contribution in [2.45, 2.75) is 20.5 Å². The zero-order valence-corrected chi connectivity index (χ0v) is 11.8. The van der Waals surface area contributed by atoms with Crippen LogP contribution in [0.15, 0.2) is 30.3 Å². The summed E-state index contributed by atoms with van der Waals surface area (Å²) in [7, 11) is 1.62. The molecule has 0 aliphatic rings. The van der Waals surface area contributed by atoms with Gasteiger partial charge in [0.05, 0.1) is 24.4 Å². The number of hydrogen-bond donors (Lipinski definition) is 0. The van der Waals surface area contributed by atoms with Gasteiger partial charge in [-0.15, -0.1) is 0 Å². The van der Waals surface area contributed by atoms with E-state index in [4.69, 9.17) is 14.7 Å². The quantitative estimate of drug-likeness (QED) is 0.854. The summed E-state index contributed by atoms with van der Waals surface area (Å²) in [6.45, 7) is 4.20. The number of benzene rings is 1. The van der Waals surface area contributed by atoms with Crippen LogP contribution in [-0.4, -0.2) is 12.1 Å². The molecule has 0 spiro atoms. The first-order chi connectivity index (χ1) is 9.62. The molecule has 0 amide bonds. The number of aryl methyl sites for hydroxylation is 2. The predicted octanol–water partition coefficient (Wildman–Crippen LogP) is 3.16. The highest BCUT2D eigenvalue weighted by atomic mass is 16.5.